The Morgan fingerprint density at radius 3 is 2.16 bits per heavy atom. The topological polar surface area (TPSA) is 84.9 Å². The Bertz CT molecular complexity index is 836. The predicted molar refractivity (Wildman–Crippen MR) is 130 cm³/mol. The monoisotopic (exact) mass is 461 g/mol. The number of hydrogen-bond acceptors (Lipinski definition) is 4. The molecule has 32 heavy (non-hydrogen) atoms. The van der Waals surface area contributed by atoms with Crippen LogP contribution in [0.2, 0.25) is 18.1 Å². The summed E-state index contributed by atoms with van der Waals surface area (Å²) in [6.45, 7) is 16.3. The van der Waals surface area contributed by atoms with E-state index in [0.29, 0.717) is 12.8 Å². The van der Waals surface area contributed by atoms with Crippen LogP contribution < -0.4 is 5.32 Å². The summed E-state index contributed by atoms with van der Waals surface area (Å²) in [6, 6.07) is 8.65. The number of hydrogen-bond donors (Lipinski definition) is 2. The molecule has 6 nitrogen and oxygen atoms in total. The standard InChI is InChI=1S/C25H39NO5Si/c1-24(2,3)30-23(29)26-21(22(27)28)19-15-14-18(31-32(7,8)25(4,5)6)16-20(19)17-12-10-9-11-13-17/h9-13,16,18-19,21H,14-15H2,1-8H3,(H,26,29)(H,27,28)/t18-,19+,21-/m0/s1. The highest BCUT2D eigenvalue weighted by molar-refractivity contribution is 6.74. The molecule has 1 aliphatic rings. The molecule has 7 heteroatoms. The lowest BCUT2D eigenvalue weighted by Crippen LogP contribution is -2.49. The van der Waals surface area contributed by atoms with Gasteiger partial charge in [0.1, 0.15) is 11.6 Å². The second kappa shape index (κ2) is 9.79. The average Bonchev–Trinajstić information content (AvgIpc) is 2.64. The Morgan fingerprint density at radius 2 is 1.66 bits per heavy atom. The van der Waals surface area contributed by atoms with Crippen molar-refractivity contribution in [1.29, 1.82) is 0 Å². The van der Waals surface area contributed by atoms with E-state index in [4.69, 9.17) is 9.16 Å². The first-order valence-electron chi connectivity index (χ1n) is 11.3. The molecule has 0 saturated heterocycles. The van der Waals surface area contributed by atoms with Crippen molar-refractivity contribution >= 4 is 26.0 Å². The Kier molecular flexibility index (Phi) is 7.99. The van der Waals surface area contributed by atoms with Gasteiger partial charge in [0.25, 0.3) is 0 Å². The number of carbonyl (C=O) groups excluding carboxylic acids is 1. The van der Waals surface area contributed by atoms with Gasteiger partial charge in [0.2, 0.25) is 0 Å². The maximum atomic E-state index is 12.4. The molecule has 3 atom stereocenters. The number of ether oxygens (including phenoxy) is 1. The summed E-state index contributed by atoms with van der Waals surface area (Å²) in [5.74, 6) is -1.46. The lowest BCUT2D eigenvalue weighted by molar-refractivity contribution is -0.140. The lowest BCUT2D eigenvalue weighted by Gasteiger charge is -2.41. The normalized spacial score (nSPS) is 20.8. The summed E-state index contributed by atoms with van der Waals surface area (Å²) in [4.78, 5) is 24.6. The fraction of sp³-hybridized carbons (Fsp3) is 0.600. The minimum absolute atomic E-state index is 0.0759. The van der Waals surface area contributed by atoms with Crippen molar-refractivity contribution in [2.75, 3.05) is 0 Å². The van der Waals surface area contributed by atoms with Gasteiger partial charge in [-0.3, -0.25) is 0 Å². The number of nitrogens with one attached hydrogen (secondary N) is 1. The minimum Gasteiger partial charge on any atom is -0.480 e. The van der Waals surface area contributed by atoms with Crippen molar-refractivity contribution in [3.05, 3.63) is 42.0 Å². The van der Waals surface area contributed by atoms with Crippen LogP contribution in [-0.2, 0) is 14.0 Å². The van der Waals surface area contributed by atoms with Crippen LogP contribution in [0.25, 0.3) is 5.57 Å². The summed E-state index contributed by atoms with van der Waals surface area (Å²) in [5, 5.41) is 12.6. The van der Waals surface area contributed by atoms with E-state index in [1.54, 1.807) is 20.8 Å². The van der Waals surface area contributed by atoms with Gasteiger partial charge in [0.05, 0.1) is 6.10 Å². The summed E-state index contributed by atoms with van der Waals surface area (Å²) >= 11 is 0. The third kappa shape index (κ3) is 6.94. The molecule has 0 unspecified atom stereocenters. The van der Waals surface area contributed by atoms with Crippen LogP contribution in [0, 0.1) is 5.92 Å². The highest BCUT2D eigenvalue weighted by atomic mass is 28.4. The molecule has 0 fully saturated rings. The number of amides is 1. The largest absolute Gasteiger partial charge is 0.480 e. The van der Waals surface area contributed by atoms with E-state index in [9.17, 15) is 14.7 Å². The fourth-order valence-electron chi connectivity index (χ4n) is 3.61. The molecule has 1 aromatic carbocycles. The molecule has 2 rings (SSSR count). The first-order valence-corrected chi connectivity index (χ1v) is 14.2. The Balaban J connectivity index is 2.38. The van der Waals surface area contributed by atoms with Crippen LogP contribution in [0.3, 0.4) is 0 Å². The van der Waals surface area contributed by atoms with Gasteiger partial charge >= 0.3 is 12.1 Å². The maximum absolute atomic E-state index is 12.4. The first-order chi connectivity index (χ1) is 14.6. The second-order valence-corrected chi connectivity index (χ2v) is 15.8. The van der Waals surface area contributed by atoms with Crippen LogP contribution in [0.5, 0.6) is 0 Å². The van der Waals surface area contributed by atoms with Crippen molar-refractivity contribution in [2.24, 2.45) is 5.92 Å². The lowest BCUT2D eigenvalue weighted by atomic mass is 9.78. The molecule has 1 amide bonds. The molecular formula is C25H39NO5Si. The molecule has 178 valence electrons. The van der Waals surface area contributed by atoms with Gasteiger partial charge in [-0.1, -0.05) is 57.2 Å². The Hall–Kier alpha value is -2.12. The zero-order valence-corrected chi connectivity index (χ0v) is 21.7. The Labute approximate surface area is 193 Å². The van der Waals surface area contributed by atoms with Gasteiger partial charge in [-0.25, -0.2) is 9.59 Å². The van der Waals surface area contributed by atoms with Gasteiger partial charge in [0.15, 0.2) is 8.32 Å². The number of alkyl carbamates (subject to hydrolysis) is 1. The SMILES string of the molecule is CC(C)(C)OC(=O)N[C@H](C(=O)O)[C@@H]1CC[C@H](O[Si](C)(C)C(C)(C)C)C=C1c1ccccc1. The molecule has 0 spiro atoms. The molecule has 0 saturated carbocycles. The van der Waals surface area contributed by atoms with Crippen molar-refractivity contribution < 1.29 is 23.9 Å². The van der Waals surface area contributed by atoms with E-state index < -0.39 is 32.0 Å². The number of carboxylic acid groups (broad SMARTS) is 1. The molecule has 1 aliphatic carbocycles. The zero-order chi connectivity index (χ0) is 24.3. The predicted octanol–water partition coefficient (Wildman–Crippen LogP) is 5.85. The quantitative estimate of drug-likeness (QED) is 0.519. The summed E-state index contributed by atoms with van der Waals surface area (Å²) < 4.78 is 12.0. The van der Waals surface area contributed by atoms with Gasteiger partial charge in [0, 0.05) is 5.92 Å². The summed E-state index contributed by atoms with van der Waals surface area (Å²) in [5.41, 5.74) is 1.13. The van der Waals surface area contributed by atoms with E-state index in [1.165, 1.54) is 0 Å². The minimum atomic E-state index is -2.00. The number of rotatable bonds is 6. The average molecular weight is 462 g/mol. The van der Waals surface area contributed by atoms with Crippen molar-refractivity contribution in [3.8, 4) is 0 Å². The summed E-state index contributed by atoms with van der Waals surface area (Å²) in [6.07, 6.45) is 2.55. The molecule has 1 aromatic rings. The van der Waals surface area contributed by atoms with Crippen LogP contribution in [0.4, 0.5) is 4.79 Å². The Morgan fingerprint density at radius 1 is 1.06 bits per heavy atom. The number of aliphatic carboxylic acids is 1. The number of carbonyl (C=O) groups is 2. The first kappa shape index (κ1) is 26.1. The third-order valence-corrected chi connectivity index (χ3v) is 10.7. The molecule has 2 N–H and O–H groups in total. The van der Waals surface area contributed by atoms with Crippen LogP contribution >= 0.6 is 0 Å². The fourth-order valence-corrected chi connectivity index (χ4v) is 4.91. The molecule has 0 bridgehead atoms. The van der Waals surface area contributed by atoms with Gasteiger partial charge in [-0.15, -0.1) is 0 Å². The van der Waals surface area contributed by atoms with Gasteiger partial charge in [-0.2, -0.15) is 0 Å². The molecular weight excluding hydrogens is 422 g/mol. The van der Waals surface area contributed by atoms with E-state index in [0.717, 1.165) is 11.1 Å². The molecule has 0 heterocycles. The number of benzene rings is 1. The van der Waals surface area contributed by atoms with E-state index in [1.807, 2.05) is 30.3 Å². The molecule has 0 aliphatic heterocycles. The van der Waals surface area contributed by atoms with Crippen molar-refractivity contribution in [2.45, 2.75) is 90.3 Å². The molecule has 0 aromatic heterocycles. The van der Waals surface area contributed by atoms with E-state index in [-0.39, 0.29) is 17.1 Å². The van der Waals surface area contributed by atoms with E-state index in [2.05, 4.69) is 45.3 Å². The number of carboxylic acids is 1. The summed E-state index contributed by atoms with van der Waals surface area (Å²) in [7, 11) is -2.00. The van der Waals surface area contributed by atoms with Gasteiger partial charge in [-0.05, 0) is 62.9 Å². The highest BCUT2D eigenvalue weighted by Gasteiger charge is 2.42. The maximum Gasteiger partial charge on any atom is 0.408 e. The second-order valence-electron chi connectivity index (χ2n) is 11.1. The zero-order valence-electron chi connectivity index (χ0n) is 20.7. The third-order valence-electron chi connectivity index (χ3n) is 6.23. The van der Waals surface area contributed by atoms with Crippen molar-refractivity contribution in [3.63, 3.8) is 0 Å². The van der Waals surface area contributed by atoms with Crippen LogP contribution in [-0.4, -0.2) is 43.2 Å². The van der Waals surface area contributed by atoms with Crippen LogP contribution in [0.15, 0.2) is 36.4 Å². The van der Waals surface area contributed by atoms with Gasteiger partial charge < -0.3 is 19.6 Å². The van der Waals surface area contributed by atoms with Crippen molar-refractivity contribution in [1.82, 2.24) is 5.32 Å². The van der Waals surface area contributed by atoms with Crippen LogP contribution in [0.1, 0.15) is 59.9 Å². The van der Waals surface area contributed by atoms with E-state index >= 15 is 0 Å². The molecule has 0 radical (unpaired) electrons. The smallest absolute Gasteiger partial charge is 0.408 e. The highest BCUT2D eigenvalue weighted by Crippen LogP contribution is 2.41.